The van der Waals surface area contributed by atoms with Crippen LogP contribution in [0.1, 0.15) is 59.1 Å². The molecule has 2 fully saturated rings. The summed E-state index contributed by atoms with van der Waals surface area (Å²) in [6.07, 6.45) is 4.98. The molecule has 1 heterocycles. The predicted molar refractivity (Wildman–Crippen MR) is 112 cm³/mol. The van der Waals surface area contributed by atoms with Crippen LogP contribution in [0.25, 0.3) is 0 Å². The van der Waals surface area contributed by atoms with E-state index < -0.39 is 6.10 Å². The second kappa shape index (κ2) is 8.82. The second-order valence-electron chi connectivity index (χ2n) is 9.41. The first-order chi connectivity index (χ1) is 13.7. The normalized spacial score (nSPS) is 35.3. The van der Waals surface area contributed by atoms with Crippen LogP contribution in [0.3, 0.4) is 0 Å². The summed E-state index contributed by atoms with van der Waals surface area (Å²) >= 11 is 0. The van der Waals surface area contributed by atoms with Gasteiger partial charge in [0.1, 0.15) is 0 Å². The van der Waals surface area contributed by atoms with Gasteiger partial charge in [-0.25, -0.2) is 0 Å². The van der Waals surface area contributed by atoms with Crippen molar-refractivity contribution in [3.8, 4) is 0 Å². The third kappa shape index (κ3) is 4.63. The summed E-state index contributed by atoms with van der Waals surface area (Å²) in [6, 6.07) is 5.73. The Kier molecular flexibility index (Phi) is 6.62. The van der Waals surface area contributed by atoms with E-state index in [0.29, 0.717) is 6.54 Å². The standard InChI is InChI=1S/C23H35N3O3/c1-14(22(29)25-13-17-7-5-6-12-24-17)18-8-10-23(4)11-9-19(26-16(3)27)15(2)20(23)21(18)28/h5-7,12,14-15,18-21,28H,8-11,13H2,1-4H3,(H,25,29)(H,26,27). The number of rotatable bonds is 5. The van der Waals surface area contributed by atoms with Gasteiger partial charge in [-0.05, 0) is 61.0 Å². The average molecular weight is 402 g/mol. The van der Waals surface area contributed by atoms with E-state index in [-0.39, 0.29) is 46.9 Å². The number of hydrogen-bond donors (Lipinski definition) is 3. The van der Waals surface area contributed by atoms with E-state index in [1.54, 1.807) is 13.1 Å². The lowest BCUT2D eigenvalue weighted by Gasteiger charge is -2.56. The summed E-state index contributed by atoms with van der Waals surface area (Å²) in [7, 11) is 0. The van der Waals surface area contributed by atoms with E-state index in [4.69, 9.17) is 0 Å². The Morgan fingerprint density at radius 2 is 2.03 bits per heavy atom. The van der Waals surface area contributed by atoms with Gasteiger partial charge in [-0.2, -0.15) is 0 Å². The monoisotopic (exact) mass is 401 g/mol. The number of fused-ring (bicyclic) bond motifs is 1. The van der Waals surface area contributed by atoms with E-state index >= 15 is 0 Å². The van der Waals surface area contributed by atoms with Crippen molar-refractivity contribution in [1.29, 1.82) is 0 Å². The summed E-state index contributed by atoms with van der Waals surface area (Å²) in [5.74, 6) is -0.140. The minimum Gasteiger partial charge on any atom is -0.392 e. The first-order valence-corrected chi connectivity index (χ1v) is 10.9. The maximum Gasteiger partial charge on any atom is 0.223 e. The van der Waals surface area contributed by atoms with Crippen LogP contribution in [0.15, 0.2) is 24.4 Å². The quantitative estimate of drug-likeness (QED) is 0.707. The lowest BCUT2D eigenvalue weighted by Crippen LogP contribution is -2.58. The van der Waals surface area contributed by atoms with Crippen molar-refractivity contribution < 1.29 is 14.7 Å². The van der Waals surface area contributed by atoms with E-state index in [2.05, 4.69) is 29.5 Å². The number of pyridine rings is 1. The Morgan fingerprint density at radius 3 is 2.69 bits per heavy atom. The highest BCUT2D eigenvalue weighted by Gasteiger charge is 2.53. The van der Waals surface area contributed by atoms with Crippen LogP contribution in [0.5, 0.6) is 0 Å². The van der Waals surface area contributed by atoms with Gasteiger partial charge in [0.15, 0.2) is 0 Å². The molecule has 0 bridgehead atoms. The average Bonchev–Trinajstić information content (AvgIpc) is 2.68. The first kappa shape index (κ1) is 21.8. The van der Waals surface area contributed by atoms with Crippen LogP contribution in [0.2, 0.25) is 0 Å². The summed E-state index contributed by atoms with van der Waals surface area (Å²) in [5, 5.41) is 17.4. The molecule has 0 radical (unpaired) electrons. The molecule has 2 aliphatic carbocycles. The molecule has 2 aliphatic rings. The van der Waals surface area contributed by atoms with Crippen LogP contribution < -0.4 is 10.6 Å². The molecule has 29 heavy (non-hydrogen) atoms. The third-order valence-corrected chi connectivity index (χ3v) is 7.50. The summed E-state index contributed by atoms with van der Waals surface area (Å²) in [5.41, 5.74) is 0.887. The SMILES string of the molecule is CC(=O)NC1CCC2(C)CCC(C(C)C(=O)NCc3ccccn3)C(O)C2C1C. The lowest BCUT2D eigenvalue weighted by atomic mass is 9.51. The summed E-state index contributed by atoms with van der Waals surface area (Å²) in [6.45, 7) is 8.27. The highest BCUT2D eigenvalue weighted by Crippen LogP contribution is 2.55. The molecular formula is C23H35N3O3. The van der Waals surface area contributed by atoms with Crippen molar-refractivity contribution in [2.45, 2.75) is 72.1 Å². The predicted octanol–water partition coefficient (Wildman–Crippen LogP) is 2.66. The summed E-state index contributed by atoms with van der Waals surface area (Å²) in [4.78, 5) is 28.6. The molecule has 0 aromatic carbocycles. The number of amides is 2. The van der Waals surface area contributed by atoms with Crippen LogP contribution >= 0.6 is 0 Å². The molecule has 1 aromatic rings. The Hall–Kier alpha value is -1.95. The number of aliphatic hydroxyl groups is 1. The molecule has 0 spiro atoms. The molecule has 0 aliphatic heterocycles. The van der Waals surface area contributed by atoms with Crippen LogP contribution in [0, 0.1) is 29.1 Å². The zero-order chi connectivity index (χ0) is 21.2. The van der Waals surface area contributed by atoms with E-state index in [0.717, 1.165) is 31.4 Å². The van der Waals surface area contributed by atoms with Gasteiger partial charge in [0.05, 0.1) is 18.3 Å². The van der Waals surface area contributed by atoms with E-state index in [9.17, 15) is 14.7 Å². The maximum absolute atomic E-state index is 12.8. The summed E-state index contributed by atoms with van der Waals surface area (Å²) < 4.78 is 0. The minimum absolute atomic E-state index is 0.0189. The van der Waals surface area contributed by atoms with Gasteiger partial charge in [-0.15, -0.1) is 0 Å². The van der Waals surface area contributed by atoms with Crippen molar-refractivity contribution in [2.24, 2.45) is 29.1 Å². The fourth-order valence-corrected chi connectivity index (χ4v) is 5.79. The van der Waals surface area contributed by atoms with Crippen molar-refractivity contribution in [1.82, 2.24) is 15.6 Å². The number of aromatic nitrogens is 1. The molecule has 2 amide bonds. The van der Waals surface area contributed by atoms with Gasteiger partial charge in [0, 0.05) is 25.1 Å². The van der Waals surface area contributed by atoms with Crippen LogP contribution in [-0.2, 0) is 16.1 Å². The maximum atomic E-state index is 12.8. The van der Waals surface area contributed by atoms with E-state index in [1.807, 2.05) is 25.1 Å². The first-order valence-electron chi connectivity index (χ1n) is 10.9. The number of hydrogen-bond acceptors (Lipinski definition) is 4. The topological polar surface area (TPSA) is 91.3 Å². The largest absolute Gasteiger partial charge is 0.392 e. The molecule has 3 rings (SSSR count). The molecule has 6 heteroatoms. The van der Waals surface area contributed by atoms with E-state index in [1.165, 1.54) is 0 Å². The van der Waals surface area contributed by atoms with Crippen LogP contribution in [0.4, 0.5) is 0 Å². The molecule has 3 N–H and O–H groups in total. The smallest absolute Gasteiger partial charge is 0.223 e. The molecule has 6 nitrogen and oxygen atoms in total. The van der Waals surface area contributed by atoms with Gasteiger partial charge in [-0.1, -0.05) is 26.8 Å². The fraction of sp³-hybridized carbons (Fsp3) is 0.696. The number of carbonyl (C=O) groups is 2. The zero-order valence-corrected chi connectivity index (χ0v) is 18.0. The highest BCUT2D eigenvalue weighted by molar-refractivity contribution is 5.78. The van der Waals surface area contributed by atoms with Gasteiger partial charge >= 0.3 is 0 Å². The van der Waals surface area contributed by atoms with Gasteiger partial charge in [-0.3, -0.25) is 14.6 Å². The molecule has 2 saturated carbocycles. The van der Waals surface area contributed by atoms with Crippen molar-refractivity contribution >= 4 is 11.8 Å². The highest BCUT2D eigenvalue weighted by atomic mass is 16.3. The molecule has 160 valence electrons. The Balaban J connectivity index is 1.67. The van der Waals surface area contributed by atoms with Gasteiger partial charge in [0.2, 0.25) is 11.8 Å². The van der Waals surface area contributed by atoms with Crippen molar-refractivity contribution in [3.05, 3.63) is 30.1 Å². The molecule has 7 unspecified atom stereocenters. The number of carbonyl (C=O) groups excluding carboxylic acids is 2. The Morgan fingerprint density at radius 1 is 1.31 bits per heavy atom. The second-order valence-corrected chi connectivity index (χ2v) is 9.41. The lowest BCUT2D eigenvalue weighted by molar-refractivity contribution is -0.143. The number of aliphatic hydroxyl groups excluding tert-OH is 1. The molecular weight excluding hydrogens is 366 g/mol. The number of nitrogens with zero attached hydrogens (tertiary/aromatic N) is 1. The Labute approximate surface area is 173 Å². The molecule has 1 aromatic heterocycles. The minimum atomic E-state index is -0.545. The van der Waals surface area contributed by atoms with Crippen molar-refractivity contribution in [3.63, 3.8) is 0 Å². The molecule has 7 atom stereocenters. The van der Waals surface area contributed by atoms with Crippen LogP contribution in [-0.4, -0.2) is 34.1 Å². The number of nitrogens with one attached hydrogen (secondary N) is 2. The molecule has 0 saturated heterocycles. The third-order valence-electron chi connectivity index (χ3n) is 7.50. The van der Waals surface area contributed by atoms with Crippen molar-refractivity contribution in [2.75, 3.05) is 0 Å². The fourth-order valence-electron chi connectivity index (χ4n) is 5.79. The van der Waals surface area contributed by atoms with Gasteiger partial charge in [0.25, 0.3) is 0 Å². The zero-order valence-electron chi connectivity index (χ0n) is 18.0. The Bertz CT molecular complexity index is 725. The van der Waals surface area contributed by atoms with Gasteiger partial charge < -0.3 is 15.7 Å².